The number of halogens is 3. The summed E-state index contributed by atoms with van der Waals surface area (Å²) in [5.41, 5.74) is 0. The highest BCUT2D eigenvalue weighted by atomic mass is 19.2. The van der Waals surface area contributed by atoms with Gasteiger partial charge in [0.05, 0.1) is 6.10 Å². The quantitative estimate of drug-likeness (QED) is 0.391. The fourth-order valence-electron chi connectivity index (χ4n) is 7.99. The second kappa shape index (κ2) is 11.5. The molecule has 0 aromatic heterocycles. The number of hydrogen-bond donors (Lipinski definition) is 0. The minimum atomic E-state index is -1.28. The Morgan fingerprint density at radius 3 is 1.94 bits per heavy atom. The predicted molar refractivity (Wildman–Crippen MR) is 125 cm³/mol. The van der Waals surface area contributed by atoms with Crippen LogP contribution in [0.1, 0.15) is 103 Å². The molecule has 0 N–H and O–H groups in total. The third-order valence-corrected chi connectivity index (χ3v) is 10.2. The Kier molecular flexibility index (Phi) is 8.90. The molecule has 0 heterocycles. The number of methoxy groups -OCH3 is 1. The van der Waals surface area contributed by atoms with Gasteiger partial charge in [0.1, 0.15) is 18.5 Å². The Bertz CT molecular complexity index is 555. The van der Waals surface area contributed by atoms with E-state index in [-0.39, 0.29) is 17.8 Å². The van der Waals surface area contributed by atoms with Crippen LogP contribution >= 0.6 is 0 Å². The second-order valence-electron chi connectivity index (χ2n) is 12.1. The van der Waals surface area contributed by atoms with Gasteiger partial charge in [-0.1, -0.05) is 32.6 Å². The molecule has 0 bridgehead atoms. The molecule has 7 atom stereocenters. The van der Waals surface area contributed by atoms with Gasteiger partial charge in [-0.3, -0.25) is 0 Å². The SMILES string of the molecule is COC1CCC(C2CCC(CCC3CCC(C4CCC(C)CC4F)CC3)C(F)C2F)CC1. The average molecular weight is 457 g/mol. The van der Waals surface area contributed by atoms with Crippen molar-refractivity contribution in [3.05, 3.63) is 0 Å². The Morgan fingerprint density at radius 2 is 1.28 bits per heavy atom. The molecule has 0 saturated heterocycles. The van der Waals surface area contributed by atoms with Crippen LogP contribution in [0, 0.1) is 41.4 Å². The van der Waals surface area contributed by atoms with Gasteiger partial charge in [-0.25, -0.2) is 13.2 Å². The maximum atomic E-state index is 15.1. The molecular weight excluding hydrogens is 409 g/mol. The summed E-state index contributed by atoms with van der Waals surface area (Å²) in [6, 6.07) is 0. The lowest BCUT2D eigenvalue weighted by Crippen LogP contribution is -2.42. The lowest BCUT2D eigenvalue weighted by molar-refractivity contribution is -0.0274. The summed E-state index contributed by atoms with van der Waals surface area (Å²) in [4.78, 5) is 0. The van der Waals surface area contributed by atoms with E-state index >= 15 is 8.78 Å². The van der Waals surface area contributed by atoms with E-state index in [2.05, 4.69) is 6.92 Å². The van der Waals surface area contributed by atoms with Crippen LogP contribution in [-0.2, 0) is 4.74 Å². The Balaban J connectivity index is 1.18. The Hall–Kier alpha value is -0.250. The molecule has 0 spiro atoms. The summed E-state index contributed by atoms with van der Waals surface area (Å²) >= 11 is 0. The smallest absolute Gasteiger partial charge is 0.134 e. The lowest BCUT2D eigenvalue weighted by atomic mass is 9.66. The zero-order valence-corrected chi connectivity index (χ0v) is 20.5. The Labute approximate surface area is 194 Å². The van der Waals surface area contributed by atoms with Gasteiger partial charge in [0.25, 0.3) is 0 Å². The van der Waals surface area contributed by atoms with Gasteiger partial charge in [-0.15, -0.1) is 0 Å². The molecular formula is C28H47F3O. The molecule has 4 saturated carbocycles. The van der Waals surface area contributed by atoms with Crippen LogP contribution in [0.15, 0.2) is 0 Å². The van der Waals surface area contributed by atoms with E-state index in [9.17, 15) is 4.39 Å². The molecule has 4 fully saturated rings. The third kappa shape index (κ3) is 5.87. The van der Waals surface area contributed by atoms with Crippen LogP contribution < -0.4 is 0 Å². The molecule has 0 aliphatic heterocycles. The molecule has 4 aliphatic carbocycles. The zero-order chi connectivity index (χ0) is 22.7. The van der Waals surface area contributed by atoms with E-state index in [1.54, 1.807) is 7.11 Å². The number of alkyl halides is 3. The van der Waals surface area contributed by atoms with Crippen LogP contribution in [-0.4, -0.2) is 31.7 Å². The maximum absolute atomic E-state index is 15.1. The molecule has 0 aromatic rings. The van der Waals surface area contributed by atoms with Crippen molar-refractivity contribution in [1.82, 2.24) is 0 Å². The van der Waals surface area contributed by atoms with Crippen molar-refractivity contribution in [3.63, 3.8) is 0 Å². The van der Waals surface area contributed by atoms with Crippen LogP contribution in [0.4, 0.5) is 13.2 Å². The van der Waals surface area contributed by atoms with Crippen molar-refractivity contribution in [3.8, 4) is 0 Å². The largest absolute Gasteiger partial charge is 0.381 e. The molecule has 32 heavy (non-hydrogen) atoms. The van der Waals surface area contributed by atoms with Gasteiger partial charge < -0.3 is 4.74 Å². The van der Waals surface area contributed by atoms with Crippen LogP contribution in [0.25, 0.3) is 0 Å². The van der Waals surface area contributed by atoms with Gasteiger partial charge in [-0.05, 0) is 112 Å². The van der Waals surface area contributed by atoms with Crippen molar-refractivity contribution < 1.29 is 17.9 Å². The van der Waals surface area contributed by atoms with Gasteiger partial charge >= 0.3 is 0 Å². The molecule has 0 aromatic carbocycles. The monoisotopic (exact) mass is 456 g/mol. The van der Waals surface area contributed by atoms with Gasteiger partial charge in [0, 0.05) is 7.11 Å². The zero-order valence-electron chi connectivity index (χ0n) is 20.5. The second-order valence-corrected chi connectivity index (χ2v) is 12.1. The third-order valence-electron chi connectivity index (χ3n) is 10.2. The van der Waals surface area contributed by atoms with Crippen molar-refractivity contribution in [2.75, 3.05) is 7.11 Å². The predicted octanol–water partition coefficient (Wildman–Crippen LogP) is 8.25. The molecule has 4 rings (SSSR count). The highest BCUT2D eigenvalue weighted by Gasteiger charge is 2.44. The summed E-state index contributed by atoms with van der Waals surface area (Å²) in [6.07, 6.45) is 12.3. The van der Waals surface area contributed by atoms with Crippen molar-refractivity contribution in [1.29, 1.82) is 0 Å². The van der Waals surface area contributed by atoms with E-state index in [0.717, 1.165) is 89.9 Å². The van der Waals surface area contributed by atoms with E-state index in [1.165, 1.54) is 6.42 Å². The topological polar surface area (TPSA) is 9.23 Å². The minimum Gasteiger partial charge on any atom is -0.381 e. The Morgan fingerprint density at radius 1 is 0.656 bits per heavy atom. The molecule has 1 nitrogen and oxygen atoms in total. The number of rotatable bonds is 6. The normalized spacial score (nSPS) is 48.5. The van der Waals surface area contributed by atoms with Crippen molar-refractivity contribution in [2.45, 2.75) is 128 Å². The first-order chi connectivity index (χ1) is 15.5. The number of ether oxygens (including phenoxy) is 1. The first-order valence-corrected chi connectivity index (χ1v) is 13.9. The molecule has 0 amide bonds. The molecule has 186 valence electrons. The fourth-order valence-corrected chi connectivity index (χ4v) is 7.99. The highest BCUT2D eigenvalue weighted by Crippen LogP contribution is 2.46. The summed E-state index contributed by atoms with van der Waals surface area (Å²) < 4.78 is 50.2. The fraction of sp³-hybridized carbons (Fsp3) is 1.00. The van der Waals surface area contributed by atoms with Gasteiger partial charge in [-0.2, -0.15) is 0 Å². The van der Waals surface area contributed by atoms with E-state index in [1.807, 2.05) is 0 Å². The highest BCUT2D eigenvalue weighted by molar-refractivity contribution is 4.93. The summed E-state index contributed by atoms with van der Waals surface area (Å²) in [6.45, 7) is 2.18. The summed E-state index contributed by atoms with van der Waals surface area (Å²) in [7, 11) is 1.76. The molecule has 7 unspecified atom stereocenters. The average Bonchev–Trinajstić information content (AvgIpc) is 2.81. The number of hydrogen-bond acceptors (Lipinski definition) is 1. The van der Waals surface area contributed by atoms with Crippen molar-refractivity contribution in [2.24, 2.45) is 41.4 Å². The van der Waals surface area contributed by atoms with Crippen molar-refractivity contribution >= 4 is 0 Å². The standard InChI is InChI=1S/C28H47F3O/c1-18-3-15-24(26(29)17-18)20-7-4-19(5-8-20)6-9-22-12-16-25(28(31)27(22)30)21-10-13-23(32-2)14-11-21/h18-28H,3-17H2,1-2H3. The van der Waals surface area contributed by atoms with Gasteiger partial charge in [0.2, 0.25) is 0 Å². The van der Waals surface area contributed by atoms with Gasteiger partial charge in [0.15, 0.2) is 0 Å². The first kappa shape index (κ1) is 24.9. The van der Waals surface area contributed by atoms with E-state index in [4.69, 9.17) is 4.74 Å². The lowest BCUT2D eigenvalue weighted by Gasteiger charge is -2.42. The van der Waals surface area contributed by atoms with Crippen LogP contribution in [0.3, 0.4) is 0 Å². The maximum Gasteiger partial charge on any atom is 0.134 e. The van der Waals surface area contributed by atoms with Crippen LogP contribution in [0.5, 0.6) is 0 Å². The van der Waals surface area contributed by atoms with E-state index in [0.29, 0.717) is 29.8 Å². The molecule has 4 aliphatic rings. The summed E-state index contributed by atoms with van der Waals surface area (Å²) in [5, 5.41) is 0. The van der Waals surface area contributed by atoms with Crippen LogP contribution in [0.2, 0.25) is 0 Å². The summed E-state index contributed by atoms with van der Waals surface area (Å²) in [5.74, 6) is 2.18. The van der Waals surface area contributed by atoms with E-state index < -0.39 is 18.5 Å². The molecule has 4 heteroatoms. The molecule has 0 radical (unpaired) electrons. The minimum absolute atomic E-state index is 0.0821. The first-order valence-electron chi connectivity index (χ1n) is 13.9.